The van der Waals surface area contributed by atoms with E-state index in [1.54, 1.807) is 11.3 Å². The molecule has 0 saturated carbocycles. The number of hydrogen-bond donors (Lipinski definition) is 1. The van der Waals surface area contributed by atoms with Crippen molar-refractivity contribution in [3.8, 4) is 0 Å². The zero-order valence-electron chi connectivity index (χ0n) is 10.2. The van der Waals surface area contributed by atoms with Crippen LogP contribution in [0.25, 0.3) is 0 Å². The van der Waals surface area contributed by atoms with Crippen LogP contribution in [0.5, 0.6) is 0 Å². The SMILES string of the molecule is Cc1ccc(Br)c(C(=O)NC(C)c2ccsc2)c1. The van der Waals surface area contributed by atoms with E-state index in [1.807, 2.05) is 43.5 Å². The molecule has 2 nitrogen and oxygen atoms in total. The Labute approximate surface area is 119 Å². The van der Waals surface area contributed by atoms with Crippen molar-refractivity contribution in [2.75, 3.05) is 0 Å². The minimum absolute atomic E-state index is 0.0242. The molecular weight excluding hydrogens is 310 g/mol. The van der Waals surface area contributed by atoms with Crippen molar-refractivity contribution >= 4 is 33.2 Å². The Balaban J connectivity index is 2.15. The number of halogens is 1. The Hall–Kier alpha value is -1.13. The predicted molar refractivity (Wildman–Crippen MR) is 79.1 cm³/mol. The number of thiophene rings is 1. The standard InChI is InChI=1S/C14H14BrNOS/c1-9-3-4-13(15)12(7-9)14(17)16-10(2)11-5-6-18-8-11/h3-8,10H,1-2H3,(H,16,17). The molecule has 94 valence electrons. The molecule has 0 saturated heterocycles. The molecule has 0 bridgehead atoms. The first-order valence-electron chi connectivity index (χ1n) is 5.67. The Morgan fingerprint density at radius 2 is 2.17 bits per heavy atom. The van der Waals surface area contributed by atoms with E-state index in [9.17, 15) is 4.79 Å². The number of hydrogen-bond acceptors (Lipinski definition) is 2. The molecule has 0 aliphatic rings. The van der Waals surface area contributed by atoms with Crippen LogP contribution in [0, 0.1) is 6.92 Å². The van der Waals surface area contributed by atoms with Gasteiger partial charge in [0.25, 0.3) is 5.91 Å². The summed E-state index contributed by atoms with van der Waals surface area (Å²) in [7, 11) is 0. The highest BCUT2D eigenvalue weighted by molar-refractivity contribution is 9.10. The van der Waals surface area contributed by atoms with Crippen LogP contribution >= 0.6 is 27.3 Å². The van der Waals surface area contributed by atoms with Gasteiger partial charge in [-0.05, 0) is 64.3 Å². The van der Waals surface area contributed by atoms with Crippen LogP contribution in [0.2, 0.25) is 0 Å². The normalized spacial score (nSPS) is 12.2. The van der Waals surface area contributed by atoms with Crippen molar-refractivity contribution in [2.24, 2.45) is 0 Å². The van der Waals surface area contributed by atoms with E-state index in [-0.39, 0.29) is 11.9 Å². The molecule has 4 heteroatoms. The molecule has 0 radical (unpaired) electrons. The van der Waals surface area contributed by atoms with Crippen LogP contribution in [-0.4, -0.2) is 5.91 Å². The molecule has 1 aromatic heterocycles. The number of benzene rings is 1. The molecule has 1 atom stereocenters. The molecule has 1 heterocycles. The Kier molecular flexibility index (Phi) is 4.19. The average Bonchev–Trinajstić information content (AvgIpc) is 2.85. The fourth-order valence-electron chi connectivity index (χ4n) is 1.69. The van der Waals surface area contributed by atoms with Gasteiger partial charge >= 0.3 is 0 Å². The smallest absolute Gasteiger partial charge is 0.252 e. The predicted octanol–water partition coefficient (Wildman–Crippen LogP) is 4.31. The van der Waals surface area contributed by atoms with E-state index in [4.69, 9.17) is 0 Å². The topological polar surface area (TPSA) is 29.1 Å². The monoisotopic (exact) mass is 323 g/mol. The molecule has 1 amide bonds. The molecule has 0 aliphatic carbocycles. The number of carbonyl (C=O) groups excluding carboxylic acids is 1. The van der Waals surface area contributed by atoms with Crippen molar-refractivity contribution in [3.63, 3.8) is 0 Å². The second kappa shape index (κ2) is 5.67. The van der Waals surface area contributed by atoms with Gasteiger partial charge in [-0.15, -0.1) is 0 Å². The van der Waals surface area contributed by atoms with Crippen molar-refractivity contribution in [3.05, 3.63) is 56.2 Å². The number of amides is 1. The summed E-state index contributed by atoms with van der Waals surface area (Å²) in [4.78, 5) is 12.2. The summed E-state index contributed by atoms with van der Waals surface area (Å²) in [5.41, 5.74) is 2.89. The van der Waals surface area contributed by atoms with Crippen LogP contribution < -0.4 is 5.32 Å². The van der Waals surface area contributed by atoms with Gasteiger partial charge in [0.2, 0.25) is 0 Å². The van der Waals surface area contributed by atoms with Crippen LogP contribution in [0.1, 0.15) is 34.5 Å². The number of nitrogens with one attached hydrogen (secondary N) is 1. The van der Waals surface area contributed by atoms with Crippen molar-refractivity contribution in [1.82, 2.24) is 5.32 Å². The molecule has 1 N–H and O–H groups in total. The van der Waals surface area contributed by atoms with Gasteiger partial charge in [0.05, 0.1) is 11.6 Å². The van der Waals surface area contributed by atoms with Gasteiger partial charge in [0.15, 0.2) is 0 Å². The highest BCUT2D eigenvalue weighted by atomic mass is 79.9. The van der Waals surface area contributed by atoms with Gasteiger partial charge < -0.3 is 5.32 Å². The second-order valence-corrected chi connectivity index (χ2v) is 5.87. The lowest BCUT2D eigenvalue weighted by Crippen LogP contribution is -2.26. The molecule has 2 rings (SSSR count). The van der Waals surface area contributed by atoms with Gasteiger partial charge in [-0.3, -0.25) is 4.79 Å². The Morgan fingerprint density at radius 1 is 1.39 bits per heavy atom. The second-order valence-electron chi connectivity index (χ2n) is 4.24. The minimum Gasteiger partial charge on any atom is -0.345 e. The number of aryl methyl sites for hydroxylation is 1. The van der Waals surface area contributed by atoms with E-state index < -0.39 is 0 Å². The number of rotatable bonds is 3. The summed E-state index contributed by atoms with van der Waals surface area (Å²) < 4.78 is 0.822. The van der Waals surface area contributed by atoms with Crippen LogP contribution in [0.4, 0.5) is 0 Å². The summed E-state index contributed by atoms with van der Waals surface area (Å²) in [6, 6.07) is 7.82. The van der Waals surface area contributed by atoms with Gasteiger partial charge in [0, 0.05) is 4.47 Å². The van der Waals surface area contributed by atoms with E-state index >= 15 is 0 Å². The van der Waals surface area contributed by atoms with Crippen LogP contribution in [-0.2, 0) is 0 Å². The molecule has 1 unspecified atom stereocenters. The lowest BCUT2D eigenvalue weighted by molar-refractivity contribution is 0.0939. The third kappa shape index (κ3) is 3.00. The maximum atomic E-state index is 12.2. The van der Waals surface area contributed by atoms with E-state index in [2.05, 4.69) is 26.6 Å². The quantitative estimate of drug-likeness (QED) is 0.895. The highest BCUT2D eigenvalue weighted by Gasteiger charge is 2.14. The summed E-state index contributed by atoms with van der Waals surface area (Å²) in [6.45, 7) is 3.97. The largest absolute Gasteiger partial charge is 0.345 e. The Morgan fingerprint density at radius 3 is 2.83 bits per heavy atom. The molecule has 0 spiro atoms. The van der Waals surface area contributed by atoms with Crippen molar-refractivity contribution < 1.29 is 4.79 Å². The molecule has 2 aromatic rings. The van der Waals surface area contributed by atoms with Gasteiger partial charge in [-0.1, -0.05) is 11.6 Å². The van der Waals surface area contributed by atoms with E-state index in [1.165, 1.54) is 0 Å². The third-order valence-electron chi connectivity index (χ3n) is 2.76. The van der Waals surface area contributed by atoms with Crippen LogP contribution in [0.3, 0.4) is 0 Å². The summed E-state index contributed by atoms with van der Waals surface area (Å²) in [6.07, 6.45) is 0. The highest BCUT2D eigenvalue weighted by Crippen LogP contribution is 2.20. The fraction of sp³-hybridized carbons (Fsp3) is 0.214. The minimum atomic E-state index is -0.0516. The molecular formula is C14H14BrNOS. The van der Waals surface area contributed by atoms with Gasteiger partial charge in [-0.2, -0.15) is 11.3 Å². The maximum absolute atomic E-state index is 12.2. The third-order valence-corrected chi connectivity index (χ3v) is 4.15. The lowest BCUT2D eigenvalue weighted by Gasteiger charge is -2.13. The van der Waals surface area contributed by atoms with Gasteiger partial charge in [0.1, 0.15) is 0 Å². The maximum Gasteiger partial charge on any atom is 0.252 e. The summed E-state index contributed by atoms with van der Waals surface area (Å²) in [5.74, 6) is -0.0516. The summed E-state index contributed by atoms with van der Waals surface area (Å²) >= 11 is 5.05. The van der Waals surface area contributed by atoms with E-state index in [0.29, 0.717) is 5.56 Å². The first-order valence-corrected chi connectivity index (χ1v) is 7.40. The molecule has 0 aliphatic heterocycles. The zero-order valence-corrected chi connectivity index (χ0v) is 12.6. The van der Waals surface area contributed by atoms with E-state index in [0.717, 1.165) is 15.6 Å². The number of carbonyl (C=O) groups is 1. The fourth-order valence-corrected chi connectivity index (χ4v) is 2.87. The molecule has 18 heavy (non-hydrogen) atoms. The first-order chi connectivity index (χ1) is 8.58. The summed E-state index contributed by atoms with van der Waals surface area (Å²) in [5, 5.41) is 7.07. The average molecular weight is 324 g/mol. The molecule has 1 aromatic carbocycles. The lowest BCUT2D eigenvalue weighted by atomic mass is 10.1. The van der Waals surface area contributed by atoms with Crippen molar-refractivity contribution in [2.45, 2.75) is 19.9 Å². The zero-order chi connectivity index (χ0) is 13.1. The molecule has 0 fully saturated rings. The Bertz CT molecular complexity index is 551. The van der Waals surface area contributed by atoms with Crippen molar-refractivity contribution in [1.29, 1.82) is 0 Å². The van der Waals surface area contributed by atoms with Gasteiger partial charge in [-0.25, -0.2) is 0 Å². The van der Waals surface area contributed by atoms with Crippen LogP contribution in [0.15, 0.2) is 39.5 Å². The first kappa shape index (κ1) is 13.3.